The molecule has 1 saturated heterocycles. The summed E-state index contributed by atoms with van der Waals surface area (Å²) in [6.07, 6.45) is 3.52. The number of furan rings is 1. The van der Waals surface area contributed by atoms with Crippen LogP contribution in [-0.4, -0.2) is 50.6 Å². The average molecular weight is 302 g/mol. The van der Waals surface area contributed by atoms with Crippen molar-refractivity contribution in [2.45, 2.75) is 24.4 Å². The van der Waals surface area contributed by atoms with Crippen molar-refractivity contribution in [3.05, 3.63) is 17.9 Å². The maximum Gasteiger partial charge on any atom is 0.371 e. The van der Waals surface area contributed by atoms with Crippen LogP contribution in [0.25, 0.3) is 0 Å². The fraction of sp³-hybridized carbons (Fsp3) is 0.583. The van der Waals surface area contributed by atoms with Crippen LogP contribution in [0.5, 0.6) is 0 Å². The number of likely N-dealkylation sites (tertiary alicyclic amines) is 1. The molecule has 8 heteroatoms. The lowest BCUT2D eigenvalue weighted by atomic mass is 10.1. The summed E-state index contributed by atoms with van der Waals surface area (Å²) in [6.45, 7) is 2.91. The van der Waals surface area contributed by atoms with Gasteiger partial charge in [0.15, 0.2) is 0 Å². The van der Waals surface area contributed by atoms with Crippen molar-refractivity contribution in [1.82, 2.24) is 9.62 Å². The minimum absolute atomic E-state index is 0.283. The lowest BCUT2D eigenvalue weighted by Gasteiger charge is -2.26. The molecular weight excluding hydrogens is 284 g/mol. The number of rotatable bonds is 6. The number of carboxylic acids is 1. The van der Waals surface area contributed by atoms with Gasteiger partial charge in [0.05, 0.1) is 0 Å². The Morgan fingerprint density at radius 1 is 1.30 bits per heavy atom. The Kier molecular flexibility index (Phi) is 4.79. The number of hydrogen-bond acceptors (Lipinski definition) is 5. The highest BCUT2D eigenvalue weighted by Crippen LogP contribution is 2.13. The Hall–Kier alpha value is -1.38. The largest absolute Gasteiger partial charge is 0.475 e. The monoisotopic (exact) mass is 302 g/mol. The lowest BCUT2D eigenvalue weighted by Crippen LogP contribution is -2.37. The number of nitrogens with zero attached hydrogens (tertiary/aromatic N) is 1. The van der Waals surface area contributed by atoms with Crippen molar-refractivity contribution in [2.24, 2.45) is 0 Å². The first-order valence-corrected chi connectivity index (χ1v) is 8.02. The van der Waals surface area contributed by atoms with Gasteiger partial charge in [-0.1, -0.05) is 6.42 Å². The van der Waals surface area contributed by atoms with Crippen molar-refractivity contribution in [2.75, 3.05) is 26.2 Å². The van der Waals surface area contributed by atoms with Crippen LogP contribution >= 0.6 is 0 Å². The van der Waals surface area contributed by atoms with E-state index in [2.05, 4.69) is 9.62 Å². The van der Waals surface area contributed by atoms with Crippen LogP contribution in [0, 0.1) is 0 Å². The fourth-order valence-electron chi connectivity index (χ4n) is 2.17. The van der Waals surface area contributed by atoms with Crippen molar-refractivity contribution >= 4 is 16.0 Å². The molecule has 1 aliphatic rings. The van der Waals surface area contributed by atoms with E-state index in [0.717, 1.165) is 38.1 Å². The van der Waals surface area contributed by atoms with Crippen molar-refractivity contribution in [3.63, 3.8) is 0 Å². The Balaban J connectivity index is 1.88. The van der Waals surface area contributed by atoms with Crippen LogP contribution in [0.15, 0.2) is 21.6 Å². The fourth-order valence-corrected chi connectivity index (χ4v) is 3.12. The van der Waals surface area contributed by atoms with Gasteiger partial charge in [0.25, 0.3) is 10.0 Å². The minimum atomic E-state index is -3.78. The van der Waals surface area contributed by atoms with Gasteiger partial charge in [-0.2, -0.15) is 0 Å². The van der Waals surface area contributed by atoms with E-state index in [1.165, 1.54) is 6.42 Å². The zero-order chi connectivity index (χ0) is 14.6. The third-order valence-corrected chi connectivity index (χ3v) is 4.56. The number of hydrogen-bond donors (Lipinski definition) is 2. The maximum atomic E-state index is 11.9. The number of piperidine rings is 1. The standard InChI is InChI=1S/C12H18N2O5S/c15-12(16)10-4-5-11(19-10)20(17,18)13-6-9-14-7-2-1-3-8-14/h4-5,13H,1-3,6-9H2,(H,15,16). The molecule has 0 spiro atoms. The SMILES string of the molecule is O=C(O)c1ccc(S(=O)(=O)NCCN2CCCCC2)o1. The second-order valence-corrected chi connectivity index (χ2v) is 6.42. The molecule has 20 heavy (non-hydrogen) atoms. The Labute approximate surface area is 117 Å². The zero-order valence-corrected chi connectivity index (χ0v) is 11.9. The van der Waals surface area contributed by atoms with E-state index in [0.29, 0.717) is 6.54 Å². The molecule has 2 rings (SSSR count). The normalized spacial score (nSPS) is 17.2. The van der Waals surface area contributed by atoms with Gasteiger partial charge in [-0.25, -0.2) is 17.9 Å². The van der Waals surface area contributed by atoms with Crippen LogP contribution in [0.2, 0.25) is 0 Å². The number of carboxylic acid groups (broad SMARTS) is 1. The molecule has 0 atom stereocenters. The summed E-state index contributed by atoms with van der Waals surface area (Å²) in [5.74, 6) is -1.68. The molecule has 1 aromatic rings. The van der Waals surface area contributed by atoms with Crippen LogP contribution in [0.3, 0.4) is 0 Å². The molecular formula is C12H18N2O5S. The second kappa shape index (κ2) is 6.38. The van der Waals surface area contributed by atoms with E-state index in [4.69, 9.17) is 9.52 Å². The second-order valence-electron chi connectivity index (χ2n) is 4.72. The molecule has 2 heterocycles. The first kappa shape index (κ1) is 15.0. The summed E-state index contributed by atoms with van der Waals surface area (Å²) in [5, 5.41) is 8.33. The quantitative estimate of drug-likeness (QED) is 0.804. The van der Waals surface area contributed by atoms with E-state index in [1.54, 1.807) is 0 Å². The lowest BCUT2D eigenvalue weighted by molar-refractivity contribution is 0.0656. The van der Waals surface area contributed by atoms with Gasteiger partial charge in [0, 0.05) is 13.1 Å². The van der Waals surface area contributed by atoms with Gasteiger partial charge < -0.3 is 14.4 Å². The van der Waals surface area contributed by atoms with Crippen molar-refractivity contribution in [1.29, 1.82) is 0 Å². The predicted molar refractivity (Wildman–Crippen MR) is 71.1 cm³/mol. The molecule has 7 nitrogen and oxygen atoms in total. The third-order valence-electron chi connectivity index (χ3n) is 3.23. The topological polar surface area (TPSA) is 99.8 Å². The van der Waals surface area contributed by atoms with Crippen LogP contribution in [0.4, 0.5) is 0 Å². The first-order valence-electron chi connectivity index (χ1n) is 6.54. The van der Waals surface area contributed by atoms with Crippen molar-refractivity contribution in [3.8, 4) is 0 Å². The zero-order valence-electron chi connectivity index (χ0n) is 11.0. The molecule has 0 amide bonds. The first-order chi connectivity index (χ1) is 9.49. The molecule has 0 saturated carbocycles. The van der Waals surface area contributed by atoms with Crippen LogP contribution < -0.4 is 4.72 Å². The summed E-state index contributed by atoms with van der Waals surface area (Å²) < 4.78 is 31.0. The highest BCUT2D eigenvalue weighted by atomic mass is 32.2. The van der Waals surface area contributed by atoms with Gasteiger partial charge >= 0.3 is 5.97 Å². The maximum absolute atomic E-state index is 11.9. The summed E-state index contributed by atoms with van der Waals surface area (Å²) in [4.78, 5) is 12.9. The molecule has 2 N–H and O–H groups in total. The van der Waals surface area contributed by atoms with Gasteiger partial charge in [-0.05, 0) is 38.1 Å². The Bertz CT molecular complexity index is 560. The summed E-state index contributed by atoms with van der Waals surface area (Å²) >= 11 is 0. The molecule has 0 unspecified atom stereocenters. The smallest absolute Gasteiger partial charge is 0.371 e. The number of nitrogens with one attached hydrogen (secondary N) is 1. The van der Waals surface area contributed by atoms with E-state index >= 15 is 0 Å². The van der Waals surface area contributed by atoms with E-state index < -0.39 is 16.0 Å². The minimum Gasteiger partial charge on any atom is -0.475 e. The molecule has 1 aliphatic heterocycles. The molecule has 0 aromatic carbocycles. The van der Waals surface area contributed by atoms with E-state index in [9.17, 15) is 13.2 Å². The van der Waals surface area contributed by atoms with Gasteiger partial charge in [0.2, 0.25) is 10.9 Å². The molecule has 0 aliphatic carbocycles. The van der Waals surface area contributed by atoms with E-state index in [1.807, 2.05) is 0 Å². The predicted octanol–water partition coefficient (Wildman–Crippen LogP) is 0.742. The van der Waals surface area contributed by atoms with E-state index in [-0.39, 0.29) is 17.4 Å². The average Bonchev–Trinajstić information content (AvgIpc) is 2.90. The molecule has 112 valence electrons. The summed E-state index contributed by atoms with van der Waals surface area (Å²) in [5.41, 5.74) is 0. The van der Waals surface area contributed by atoms with Gasteiger partial charge in [-0.15, -0.1) is 0 Å². The van der Waals surface area contributed by atoms with Crippen LogP contribution in [0.1, 0.15) is 29.8 Å². The summed E-state index contributed by atoms with van der Waals surface area (Å²) in [7, 11) is -3.78. The molecule has 0 radical (unpaired) electrons. The number of aromatic carboxylic acids is 1. The highest BCUT2D eigenvalue weighted by Gasteiger charge is 2.21. The Morgan fingerprint density at radius 3 is 2.60 bits per heavy atom. The molecule has 1 aromatic heterocycles. The number of sulfonamides is 1. The van der Waals surface area contributed by atoms with Gasteiger partial charge in [-0.3, -0.25) is 0 Å². The summed E-state index contributed by atoms with van der Waals surface area (Å²) in [6, 6.07) is 2.27. The third kappa shape index (κ3) is 3.81. The van der Waals surface area contributed by atoms with Gasteiger partial charge in [0.1, 0.15) is 0 Å². The highest BCUT2D eigenvalue weighted by molar-refractivity contribution is 7.89. The van der Waals surface area contributed by atoms with Crippen molar-refractivity contribution < 1.29 is 22.7 Å². The number of carbonyl (C=O) groups is 1. The molecule has 0 bridgehead atoms. The Morgan fingerprint density at radius 2 is 2.00 bits per heavy atom. The molecule has 1 fully saturated rings. The van der Waals surface area contributed by atoms with Crippen LogP contribution in [-0.2, 0) is 10.0 Å².